The molecule has 1 fully saturated rings. The second-order valence-corrected chi connectivity index (χ2v) is 9.02. The van der Waals surface area contributed by atoms with E-state index in [4.69, 9.17) is 4.74 Å². The summed E-state index contributed by atoms with van der Waals surface area (Å²) < 4.78 is 33.4. The zero-order chi connectivity index (χ0) is 23.7. The number of ether oxygens (including phenoxy) is 1. The van der Waals surface area contributed by atoms with Crippen LogP contribution < -0.4 is 5.32 Å². The first-order valence-corrected chi connectivity index (χ1v) is 11.4. The minimum absolute atomic E-state index is 0.0551. The summed E-state index contributed by atoms with van der Waals surface area (Å²) in [7, 11) is 1.25. The van der Waals surface area contributed by atoms with Crippen molar-refractivity contribution in [3.63, 3.8) is 0 Å². The van der Waals surface area contributed by atoms with Crippen LogP contribution in [0.2, 0.25) is 0 Å². The smallest absolute Gasteiger partial charge is 0.338 e. The molecule has 1 atom stereocenters. The molecule has 1 aliphatic carbocycles. The lowest BCUT2D eigenvalue weighted by atomic mass is 9.77. The number of methoxy groups -OCH3 is 1. The summed E-state index contributed by atoms with van der Waals surface area (Å²) in [6, 6.07) is 1.51. The first-order valence-electron chi connectivity index (χ1n) is 10.6. The molecule has 0 amide bonds. The lowest BCUT2D eigenvalue weighted by Crippen LogP contribution is -2.38. The van der Waals surface area contributed by atoms with Crippen molar-refractivity contribution < 1.29 is 28.2 Å². The van der Waals surface area contributed by atoms with Gasteiger partial charge in [0.15, 0.2) is 22.5 Å². The third-order valence-electron chi connectivity index (χ3n) is 6.28. The largest absolute Gasteiger partial charge is 0.481 e. The molecule has 0 bridgehead atoms. The van der Waals surface area contributed by atoms with Crippen molar-refractivity contribution in [3.05, 3.63) is 62.7 Å². The fourth-order valence-electron chi connectivity index (χ4n) is 4.49. The number of carboxylic acid groups (broad SMARTS) is 1. The Bertz CT molecular complexity index is 1140. The van der Waals surface area contributed by atoms with Crippen molar-refractivity contribution in [2.45, 2.75) is 38.6 Å². The molecule has 1 aliphatic heterocycles. The number of allylic oxidation sites excluding steroid dienone is 1. The minimum Gasteiger partial charge on any atom is -0.481 e. The molecule has 0 radical (unpaired) electrons. The summed E-state index contributed by atoms with van der Waals surface area (Å²) in [5, 5.41) is 15.0. The summed E-state index contributed by atoms with van der Waals surface area (Å²) in [6.07, 6.45) is 3.67. The van der Waals surface area contributed by atoms with Gasteiger partial charge in [-0.25, -0.2) is 18.6 Å². The van der Waals surface area contributed by atoms with E-state index in [9.17, 15) is 23.5 Å². The Morgan fingerprint density at radius 1 is 1.21 bits per heavy atom. The average molecular weight is 476 g/mol. The molecule has 2 aromatic rings. The fraction of sp³-hybridized carbons (Fsp3) is 0.391. The maximum Gasteiger partial charge on any atom is 0.338 e. The van der Waals surface area contributed by atoms with Gasteiger partial charge in [-0.05, 0) is 55.7 Å². The zero-order valence-corrected chi connectivity index (χ0v) is 18.9. The summed E-state index contributed by atoms with van der Waals surface area (Å²) in [5.41, 5.74) is 1.19. The molecule has 33 heavy (non-hydrogen) atoms. The Kier molecular flexibility index (Phi) is 6.55. The molecule has 0 saturated heterocycles. The van der Waals surface area contributed by atoms with Crippen LogP contribution in [0.1, 0.15) is 47.9 Å². The Balaban J connectivity index is 1.85. The number of halogens is 2. The van der Waals surface area contributed by atoms with Gasteiger partial charge < -0.3 is 15.2 Å². The normalized spacial score (nSPS) is 23.0. The van der Waals surface area contributed by atoms with Gasteiger partial charge in [0, 0.05) is 17.3 Å². The number of carbonyl (C=O) groups excluding carboxylic acids is 1. The van der Waals surface area contributed by atoms with Crippen LogP contribution in [0.15, 0.2) is 40.0 Å². The molecule has 10 heteroatoms. The monoisotopic (exact) mass is 475 g/mol. The maximum atomic E-state index is 14.5. The molecule has 4 rings (SSSR count). The van der Waals surface area contributed by atoms with E-state index < -0.39 is 35.5 Å². The Hall–Kier alpha value is -3.14. The Morgan fingerprint density at radius 2 is 1.94 bits per heavy atom. The number of aliphatic carboxylic acids is 1. The number of carbonyl (C=O) groups is 2. The molecular weight excluding hydrogens is 452 g/mol. The molecule has 7 nitrogen and oxygen atoms in total. The summed E-state index contributed by atoms with van der Waals surface area (Å²) >= 11 is 1.35. The third-order valence-corrected chi connectivity index (χ3v) is 7.06. The third kappa shape index (κ3) is 4.39. The van der Waals surface area contributed by atoms with Crippen molar-refractivity contribution in [3.8, 4) is 0 Å². The van der Waals surface area contributed by atoms with E-state index in [2.05, 4.69) is 15.3 Å². The van der Waals surface area contributed by atoms with E-state index in [-0.39, 0.29) is 17.1 Å². The number of hydrogen-bond acceptors (Lipinski definition) is 7. The second-order valence-electron chi connectivity index (χ2n) is 8.12. The summed E-state index contributed by atoms with van der Waals surface area (Å²) in [4.78, 5) is 33.4. The standard InChI is InChI=1S/C23H23F2N3O4S/c1-11-14(7-8-15(24)17(11)25)19-16(23(31)32-2)18(12-3-5-13(6-4-12)22(29)30)27-20(28-19)21-26-9-10-33-21/h7-10,12-13,19H,3-6H2,1-2H3,(H,27,28)(H,29,30)/t12-,13-,19?. The van der Waals surface area contributed by atoms with Gasteiger partial charge in [0.2, 0.25) is 0 Å². The molecule has 2 heterocycles. The van der Waals surface area contributed by atoms with Crippen LogP contribution in [0.5, 0.6) is 0 Å². The molecule has 0 spiro atoms. The number of nitrogens with one attached hydrogen (secondary N) is 1. The van der Waals surface area contributed by atoms with Gasteiger partial charge in [0.25, 0.3) is 0 Å². The van der Waals surface area contributed by atoms with Crippen molar-refractivity contribution in [2.75, 3.05) is 7.11 Å². The van der Waals surface area contributed by atoms with Crippen LogP contribution in [0.25, 0.3) is 0 Å². The van der Waals surface area contributed by atoms with Gasteiger partial charge in [0.05, 0.1) is 18.6 Å². The van der Waals surface area contributed by atoms with E-state index in [0.29, 0.717) is 47.8 Å². The van der Waals surface area contributed by atoms with Crippen LogP contribution >= 0.6 is 11.3 Å². The molecule has 174 valence electrons. The molecule has 2 aliphatic rings. The van der Waals surface area contributed by atoms with E-state index in [1.807, 2.05) is 0 Å². The predicted molar refractivity (Wildman–Crippen MR) is 118 cm³/mol. The van der Waals surface area contributed by atoms with Crippen LogP contribution in [-0.2, 0) is 14.3 Å². The number of aromatic nitrogens is 1. The number of rotatable bonds is 5. The lowest BCUT2D eigenvalue weighted by molar-refractivity contribution is -0.143. The van der Waals surface area contributed by atoms with Gasteiger partial charge in [-0.15, -0.1) is 11.3 Å². The topological polar surface area (TPSA) is 101 Å². The van der Waals surface area contributed by atoms with Crippen LogP contribution in [0.3, 0.4) is 0 Å². The summed E-state index contributed by atoms with van der Waals surface area (Å²) in [5.74, 6) is -3.59. The van der Waals surface area contributed by atoms with E-state index >= 15 is 0 Å². The van der Waals surface area contributed by atoms with Gasteiger partial charge >= 0.3 is 11.9 Å². The predicted octanol–water partition coefficient (Wildman–Crippen LogP) is 4.14. The molecular formula is C23H23F2N3O4S. The number of esters is 1. The van der Waals surface area contributed by atoms with Crippen LogP contribution in [0.4, 0.5) is 8.78 Å². The number of benzene rings is 1. The Labute approximate surface area is 193 Å². The molecule has 2 N–H and O–H groups in total. The number of hydrogen-bond donors (Lipinski definition) is 2. The number of aliphatic imine (C=N–C) groups is 1. The van der Waals surface area contributed by atoms with Crippen molar-refractivity contribution in [1.29, 1.82) is 0 Å². The highest BCUT2D eigenvalue weighted by Crippen LogP contribution is 2.41. The van der Waals surface area contributed by atoms with E-state index in [0.717, 1.165) is 6.07 Å². The van der Waals surface area contributed by atoms with Gasteiger partial charge in [-0.1, -0.05) is 6.07 Å². The highest BCUT2D eigenvalue weighted by atomic mass is 32.1. The molecule has 1 aromatic carbocycles. The van der Waals surface area contributed by atoms with Gasteiger partial charge in [-0.3, -0.25) is 9.79 Å². The number of amidine groups is 1. The van der Waals surface area contributed by atoms with Gasteiger partial charge in [0.1, 0.15) is 6.04 Å². The molecule has 1 aromatic heterocycles. The zero-order valence-electron chi connectivity index (χ0n) is 18.1. The van der Waals surface area contributed by atoms with Gasteiger partial charge in [-0.2, -0.15) is 0 Å². The summed E-state index contributed by atoms with van der Waals surface area (Å²) in [6.45, 7) is 1.45. The van der Waals surface area contributed by atoms with Crippen molar-refractivity contribution >= 4 is 29.1 Å². The maximum absolute atomic E-state index is 14.5. The van der Waals surface area contributed by atoms with Crippen LogP contribution in [0, 0.1) is 30.4 Å². The number of carboxylic acids is 1. The fourth-order valence-corrected chi connectivity index (χ4v) is 5.08. The highest BCUT2D eigenvalue weighted by Gasteiger charge is 2.38. The van der Waals surface area contributed by atoms with Crippen molar-refractivity contribution in [1.82, 2.24) is 10.3 Å². The van der Waals surface area contributed by atoms with E-state index in [1.165, 1.54) is 31.4 Å². The van der Waals surface area contributed by atoms with E-state index in [1.54, 1.807) is 11.6 Å². The van der Waals surface area contributed by atoms with Crippen LogP contribution in [-0.4, -0.2) is 35.0 Å². The average Bonchev–Trinajstić information content (AvgIpc) is 3.36. The minimum atomic E-state index is -0.996. The molecule has 1 unspecified atom stereocenters. The Morgan fingerprint density at radius 3 is 2.55 bits per heavy atom. The first-order chi connectivity index (χ1) is 15.8. The lowest BCUT2D eigenvalue weighted by Gasteiger charge is -2.34. The highest BCUT2D eigenvalue weighted by molar-refractivity contribution is 7.11. The quantitative estimate of drug-likeness (QED) is 0.631. The SMILES string of the molecule is COC(=O)C1=C([C@H]2CC[C@H](C(=O)O)CC2)NC(c2nccs2)=NC1c1ccc(F)c(F)c1C. The number of nitrogens with zero attached hydrogens (tertiary/aromatic N) is 2. The first kappa shape index (κ1) is 23.0. The number of thiazole rings is 1. The second kappa shape index (κ2) is 9.38. The molecule has 1 saturated carbocycles. The van der Waals surface area contributed by atoms with Crippen molar-refractivity contribution in [2.24, 2.45) is 16.8 Å².